The zero-order valence-electron chi connectivity index (χ0n) is 28.3. The Morgan fingerprint density at radius 2 is 0.612 bits per heavy atom. The van der Waals surface area contributed by atoms with Gasteiger partial charge in [-0.2, -0.15) is 0 Å². The van der Waals surface area contributed by atoms with Crippen molar-refractivity contribution in [3.8, 4) is 46.1 Å². The average molecular weight is 650 g/mol. The van der Waals surface area contributed by atoms with Crippen molar-refractivity contribution < 1.29 is 4.57 Å². The number of fused-ring (bicyclic) bond motifs is 20. The zero-order valence-corrected chi connectivity index (χ0v) is 28.3. The monoisotopic (exact) mass is 649 g/mol. The molecule has 0 radical (unpaired) electrons. The van der Waals surface area contributed by atoms with Gasteiger partial charge in [-0.1, -0.05) is 9.97 Å². The Morgan fingerprint density at radius 1 is 0.327 bits per heavy atom. The number of H-pyrrole nitrogens is 2. The van der Waals surface area contributed by atoms with Crippen LogP contribution in [0.4, 0.5) is 0 Å². The first kappa shape index (κ1) is 28.9. The number of nitrogens with one attached hydrogen (secondary N) is 2. The molecule has 9 heterocycles. The highest BCUT2D eigenvalue weighted by Crippen LogP contribution is 2.34. The van der Waals surface area contributed by atoms with Crippen molar-refractivity contribution in [1.29, 1.82) is 0 Å². The Balaban J connectivity index is 1.54. The Bertz CT molecular complexity index is 2640. The number of rotatable bonds is 0. The molecule has 0 atom stereocenters. The van der Waals surface area contributed by atoms with E-state index in [4.69, 9.17) is 64.8 Å². The summed E-state index contributed by atoms with van der Waals surface area (Å²) >= 11 is 0. The van der Waals surface area contributed by atoms with Gasteiger partial charge in [-0.3, -0.25) is 0 Å². The molecule has 7 aromatic heterocycles. The predicted octanol–water partition coefficient (Wildman–Crippen LogP) is 3.93. The Labute approximate surface area is 277 Å². The largest absolute Gasteiger partial charge is 0.307 e. The van der Waals surface area contributed by atoms with Crippen molar-refractivity contribution in [2.45, 2.75) is 55.4 Å². The van der Waals surface area contributed by atoms with Crippen molar-refractivity contribution in [3.05, 3.63) is 45.6 Å². The molecule has 0 saturated carbocycles. The van der Waals surface area contributed by atoms with Crippen LogP contribution in [0.2, 0.25) is 0 Å². The van der Waals surface area contributed by atoms with Crippen molar-refractivity contribution in [2.24, 2.45) is 7.05 Å². The summed E-state index contributed by atoms with van der Waals surface area (Å²) in [5.41, 5.74) is 12.3. The van der Waals surface area contributed by atoms with Crippen LogP contribution >= 0.6 is 0 Å². The summed E-state index contributed by atoms with van der Waals surface area (Å²) < 4.78 is 1.86. The Morgan fingerprint density at radius 3 is 0.959 bits per heavy atom. The number of aromatic amines is 2. The second kappa shape index (κ2) is 9.85. The van der Waals surface area contributed by atoms with Gasteiger partial charge in [0.2, 0.25) is 11.3 Å². The predicted molar refractivity (Wildman–Crippen MR) is 180 cm³/mol. The fourth-order valence-electron chi connectivity index (χ4n) is 5.94. The van der Waals surface area contributed by atoms with Gasteiger partial charge >= 0.3 is 0 Å². The first-order valence-corrected chi connectivity index (χ1v) is 15.7. The van der Waals surface area contributed by atoms with Crippen LogP contribution in [0.15, 0.2) is 0 Å². The van der Waals surface area contributed by atoms with Crippen LogP contribution in [0.25, 0.3) is 90.7 Å². The van der Waals surface area contributed by atoms with Gasteiger partial charge in [0.25, 0.3) is 11.6 Å². The highest BCUT2D eigenvalue weighted by atomic mass is 15.2. The first-order chi connectivity index (χ1) is 23.4. The molecular formula is C33H29N16+. The third-order valence-corrected chi connectivity index (χ3v) is 9.16. The fourth-order valence-corrected chi connectivity index (χ4v) is 5.94. The second-order valence-electron chi connectivity index (χ2n) is 12.4. The van der Waals surface area contributed by atoms with E-state index in [0.29, 0.717) is 90.7 Å². The smallest absolute Gasteiger partial charge is 0.293 e. The summed E-state index contributed by atoms with van der Waals surface area (Å²) in [6.45, 7) is 15.3. The van der Waals surface area contributed by atoms with Crippen LogP contribution in [0, 0.1) is 55.4 Å². The van der Waals surface area contributed by atoms with Crippen LogP contribution in [0.5, 0.6) is 0 Å². The molecule has 9 rings (SSSR count). The van der Waals surface area contributed by atoms with E-state index in [0.717, 1.165) is 45.6 Å². The molecule has 240 valence electrons. The third kappa shape index (κ3) is 4.15. The van der Waals surface area contributed by atoms with E-state index < -0.39 is 0 Å². The van der Waals surface area contributed by atoms with Crippen molar-refractivity contribution >= 4 is 44.7 Å². The number of hydrogen-bond acceptors (Lipinski definition) is 13. The van der Waals surface area contributed by atoms with Gasteiger partial charge in [0.05, 0.1) is 52.6 Å². The highest BCUT2D eigenvalue weighted by molar-refractivity contribution is 6.01. The van der Waals surface area contributed by atoms with Crippen molar-refractivity contribution in [3.63, 3.8) is 0 Å². The normalized spacial score (nSPS) is 12.2. The maximum atomic E-state index is 5.12. The van der Waals surface area contributed by atoms with E-state index in [9.17, 15) is 0 Å². The molecule has 49 heavy (non-hydrogen) atoms. The van der Waals surface area contributed by atoms with E-state index >= 15 is 0 Å². The molecule has 16 heteroatoms. The lowest BCUT2D eigenvalue weighted by Crippen LogP contribution is -2.31. The lowest BCUT2D eigenvalue weighted by molar-refractivity contribution is -0.650. The zero-order chi connectivity index (χ0) is 34.0. The van der Waals surface area contributed by atoms with Gasteiger partial charge in [-0.25, -0.2) is 59.4 Å². The molecule has 2 aliphatic heterocycles. The summed E-state index contributed by atoms with van der Waals surface area (Å²) in [6, 6.07) is 0. The third-order valence-electron chi connectivity index (χ3n) is 9.16. The molecule has 0 spiro atoms. The van der Waals surface area contributed by atoms with E-state index in [1.165, 1.54) is 0 Å². The number of aryl methyl sites for hydroxylation is 8. The van der Waals surface area contributed by atoms with Crippen LogP contribution in [-0.2, 0) is 7.05 Å². The quantitative estimate of drug-likeness (QED) is 0.224. The van der Waals surface area contributed by atoms with Crippen LogP contribution < -0.4 is 4.57 Å². The summed E-state index contributed by atoms with van der Waals surface area (Å²) in [4.78, 5) is 71.0. The molecule has 0 aromatic carbocycles. The summed E-state index contributed by atoms with van der Waals surface area (Å²) in [7, 11) is 1.88. The molecule has 0 aliphatic carbocycles. The fraction of sp³-hybridized carbons (Fsp3) is 0.273. The summed E-state index contributed by atoms with van der Waals surface area (Å²) in [5, 5.41) is 0. The van der Waals surface area contributed by atoms with E-state index in [1.54, 1.807) is 0 Å². The molecule has 16 nitrogen and oxygen atoms in total. The SMILES string of the molecule is Cc1nc2c(nc1C)-c1nc-2nc2[nH]c(nc3[n+](C)c(nc4[nH]c(n1)c1nc(C)c(C)nc41)-c1nc(C)c(C)nc1-3)c1nc(C)c(C)nc21. The van der Waals surface area contributed by atoms with E-state index in [1.807, 2.05) is 67.0 Å². The van der Waals surface area contributed by atoms with E-state index in [2.05, 4.69) is 9.97 Å². The molecule has 0 unspecified atom stereocenters. The van der Waals surface area contributed by atoms with Gasteiger partial charge in [0, 0.05) is 0 Å². The number of aromatic nitrogens is 16. The topological polar surface area (TPSA) is 203 Å². The average Bonchev–Trinajstić information content (AvgIpc) is 3.73. The van der Waals surface area contributed by atoms with Crippen molar-refractivity contribution in [2.75, 3.05) is 0 Å². The van der Waals surface area contributed by atoms with Gasteiger partial charge in [0.1, 0.15) is 22.4 Å². The first-order valence-electron chi connectivity index (χ1n) is 15.7. The summed E-state index contributed by atoms with van der Waals surface area (Å²) in [6.07, 6.45) is 0. The molecular weight excluding hydrogens is 620 g/mol. The second-order valence-corrected chi connectivity index (χ2v) is 12.4. The number of nitrogens with zero attached hydrogens (tertiary/aromatic N) is 14. The number of hydrogen-bond donors (Lipinski definition) is 2. The van der Waals surface area contributed by atoms with Gasteiger partial charge in [-0.15, -0.1) is 0 Å². The molecule has 2 aliphatic rings. The minimum atomic E-state index is 0.327. The molecule has 0 fully saturated rings. The maximum Gasteiger partial charge on any atom is 0.293 e. The standard InChI is InChI=1S/C33H28N16/c1-10-11(2)35-19-18(34-10)26-42-27(19)44-29-21-23(39-15(6)13(4)37-21)31(46-29)48-33-25-24(40-16(7)17(8)41-25)32(49(33)9)47-30-22-20(28(43-26)45-30)36-12(3)14(5)38-22/h1-9H3,(H,34,35,36,37,38,39,40,41,42,43,44,45,46,47,48)/p+1. The van der Waals surface area contributed by atoms with Crippen LogP contribution in [-0.4, -0.2) is 74.8 Å². The molecule has 0 saturated heterocycles. The highest BCUT2D eigenvalue weighted by Gasteiger charge is 2.34. The minimum Gasteiger partial charge on any atom is -0.307 e. The van der Waals surface area contributed by atoms with Gasteiger partial charge < -0.3 is 9.97 Å². The van der Waals surface area contributed by atoms with Crippen LogP contribution in [0.3, 0.4) is 0 Å². The van der Waals surface area contributed by atoms with Crippen molar-refractivity contribution in [1.82, 2.24) is 74.8 Å². The Kier molecular flexibility index (Phi) is 5.80. The minimum absolute atomic E-state index is 0.327. The van der Waals surface area contributed by atoms with Crippen LogP contribution in [0.1, 0.15) is 45.6 Å². The molecule has 8 bridgehead atoms. The van der Waals surface area contributed by atoms with Gasteiger partial charge in [-0.05, 0) is 55.4 Å². The molecule has 7 aromatic rings. The molecule has 0 amide bonds. The van der Waals surface area contributed by atoms with E-state index in [-0.39, 0.29) is 0 Å². The summed E-state index contributed by atoms with van der Waals surface area (Å²) in [5.74, 6) is 1.71. The van der Waals surface area contributed by atoms with Gasteiger partial charge in [0.15, 0.2) is 45.4 Å². The molecule has 2 N–H and O–H groups in total. The lowest BCUT2D eigenvalue weighted by Gasteiger charge is -2.02. The lowest BCUT2D eigenvalue weighted by atomic mass is 10.2. The Hall–Kier alpha value is -6.32. The maximum absolute atomic E-state index is 5.12.